The highest BCUT2D eigenvalue weighted by atomic mass is 16.5. The van der Waals surface area contributed by atoms with Gasteiger partial charge in [0.2, 0.25) is 0 Å². The lowest BCUT2D eigenvalue weighted by Gasteiger charge is -2.13. The average molecular weight is 204 g/mol. The molecule has 0 aromatic heterocycles. The largest absolute Gasteiger partial charge is 0.493 e. The topological polar surface area (TPSA) is 29.5 Å². The minimum absolute atomic E-state index is 0.445. The van der Waals surface area contributed by atoms with E-state index in [1.165, 1.54) is 0 Å². The maximum atomic E-state index is 9.88. The molecule has 1 aromatic carbocycles. The second kappa shape index (κ2) is 6.10. The van der Waals surface area contributed by atoms with Crippen LogP contribution < -0.4 is 4.74 Å². The molecule has 80 valence electrons. The maximum absolute atomic E-state index is 9.88. The predicted octanol–water partition coefficient (Wildman–Crippen LogP) is 2.53. The van der Waals surface area contributed by atoms with Crippen molar-refractivity contribution in [3.05, 3.63) is 29.8 Å². The van der Waals surface area contributed by atoms with Crippen LogP contribution in [0, 0.1) is 11.8 Å². The Kier molecular flexibility index (Phi) is 4.73. The molecule has 0 bridgehead atoms. The predicted molar refractivity (Wildman–Crippen MR) is 60.6 cm³/mol. The maximum Gasteiger partial charge on any atom is 0.125 e. The summed E-state index contributed by atoms with van der Waals surface area (Å²) in [4.78, 5) is 0. The van der Waals surface area contributed by atoms with Gasteiger partial charge in [-0.05, 0) is 19.9 Å². The van der Waals surface area contributed by atoms with Gasteiger partial charge in [0.1, 0.15) is 5.75 Å². The third-order valence-electron chi connectivity index (χ3n) is 2.05. The summed E-state index contributed by atoms with van der Waals surface area (Å²) in [5, 5.41) is 9.88. The van der Waals surface area contributed by atoms with E-state index in [9.17, 15) is 5.11 Å². The molecular formula is C13H16O2. The summed E-state index contributed by atoms with van der Waals surface area (Å²) in [5.74, 6) is 6.37. The molecule has 1 atom stereocenters. The molecule has 0 spiro atoms. The van der Waals surface area contributed by atoms with Crippen molar-refractivity contribution >= 4 is 0 Å². The summed E-state index contributed by atoms with van der Waals surface area (Å²) >= 11 is 0. The monoisotopic (exact) mass is 204 g/mol. The van der Waals surface area contributed by atoms with Crippen LogP contribution in [0.5, 0.6) is 5.75 Å². The standard InChI is InChI=1S/C13H16O2/c1-3-5-9-12(14)11-8-6-7-10-13(11)15-4-2/h6-8,10,12,14H,4,9H2,1-2H3. The lowest BCUT2D eigenvalue weighted by molar-refractivity contribution is 0.177. The van der Waals surface area contributed by atoms with Crippen molar-refractivity contribution in [2.75, 3.05) is 6.61 Å². The van der Waals surface area contributed by atoms with Gasteiger partial charge < -0.3 is 9.84 Å². The second-order valence-electron chi connectivity index (χ2n) is 3.12. The van der Waals surface area contributed by atoms with Crippen molar-refractivity contribution in [2.24, 2.45) is 0 Å². The zero-order valence-corrected chi connectivity index (χ0v) is 9.16. The van der Waals surface area contributed by atoms with Crippen molar-refractivity contribution in [2.45, 2.75) is 26.4 Å². The van der Waals surface area contributed by atoms with E-state index in [0.29, 0.717) is 13.0 Å². The van der Waals surface area contributed by atoms with Crippen LogP contribution in [0.1, 0.15) is 31.9 Å². The molecule has 1 N–H and O–H groups in total. The molecule has 0 aliphatic rings. The van der Waals surface area contributed by atoms with E-state index < -0.39 is 6.10 Å². The fraction of sp³-hybridized carbons (Fsp3) is 0.385. The fourth-order valence-corrected chi connectivity index (χ4v) is 1.35. The first-order valence-electron chi connectivity index (χ1n) is 5.09. The van der Waals surface area contributed by atoms with E-state index >= 15 is 0 Å². The molecule has 15 heavy (non-hydrogen) atoms. The Bertz CT molecular complexity index is 360. The summed E-state index contributed by atoms with van der Waals surface area (Å²) < 4.78 is 5.43. The van der Waals surface area contributed by atoms with Crippen molar-refractivity contribution < 1.29 is 9.84 Å². The van der Waals surface area contributed by atoms with E-state index in [-0.39, 0.29) is 0 Å². The number of aliphatic hydroxyl groups excluding tert-OH is 1. The molecule has 0 radical (unpaired) electrons. The van der Waals surface area contributed by atoms with Crippen molar-refractivity contribution in [1.82, 2.24) is 0 Å². The minimum Gasteiger partial charge on any atom is -0.493 e. The van der Waals surface area contributed by atoms with Gasteiger partial charge in [0.25, 0.3) is 0 Å². The molecule has 0 saturated carbocycles. The molecule has 0 heterocycles. The first kappa shape index (κ1) is 11.6. The quantitative estimate of drug-likeness (QED) is 0.764. The van der Waals surface area contributed by atoms with Gasteiger partial charge in [0, 0.05) is 12.0 Å². The van der Waals surface area contributed by atoms with E-state index in [4.69, 9.17) is 4.74 Å². The van der Waals surface area contributed by atoms with Gasteiger partial charge in [0.05, 0.1) is 12.7 Å². The molecule has 0 fully saturated rings. The van der Waals surface area contributed by atoms with E-state index in [1.807, 2.05) is 31.2 Å². The Morgan fingerprint density at radius 3 is 2.80 bits per heavy atom. The van der Waals surface area contributed by atoms with E-state index in [2.05, 4.69) is 11.8 Å². The number of ether oxygens (including phenoxy) is 1. The zero-order valence-electron chi connectivity index (χ0n) is 9.16. The highest BCUT2D eigenvalue weighted by molar-refractivity contribution is 5.35. The lowest BCUT2D eigenvalue weighted by atomic mass is 10.1. The van der Waals surface area contributed by atoms with E-state index in [1.54, 1.807) is 6.92 Å². The summed E-state index contributed by atoms with van der Waals surface area (Å²) in [5.41, 5.74) is 0.808. The van der Waals surface area contributed by atoms with Crippen molar-refractivity contribution in [3.63, 3.8) is 0 Å². The summed E-state index contributed by atoms with van der Waals surface area (Å²) in [7, 11) is 0. The molecular weight excluding hydrogens is 188 g/mol. The van der Waals surface area contributed by atoms with Crippen LogP contribution in [0.25, 0.3) is 0 Å². The van der Waals surface area contributed by atoms with Gasteiger partial charge in [-0.2, -0.15) is 0 Å². The number of hydrogen-bond acceptors (Lipinski definition) is 2. The summed E-state index contributed by atoms with van der Waals surface area (Å²) in [6.45, 7) is 4.29. The van der Waals surface area contributed by atoms with Crippen LogP contribution in [0.3, 0.4) is 0 Å². The van der Waals surface area contributed by atoms with Crippen LogP contribution in [0.2, 0.25) is 0 Å². The molecule has 0 aliphatic carbocycles. The number of hydrogen-bond donors (Lipinski definition) is 1. The number of para-hydroxylation sites is 1. The summed E-state index contributed by atoms with van der Waals surface area (Å²) in [6, 6.07) is 7.52. The third kappa shape index (κ3) is 3.30. The summed E-state index contributed by atoms with van der Waals surface area (Å²) in [6.07, 6.45) is -0.124. The number of rotatable bonds is 4. The first-order valence-corrected chi connectivity index (χ1v) is 5.09. The minimum atomic E-state index is -0.569. The molecule has 1 rings (SSSR count). The van der Waals surface area contributed by atoms with Crippen LogP contribution >= 0.6 is 0 Å². The third-order valence-corrected chi connectivity index (χ3v) is 2.05. The first-order chi connectivity index (χ1) is 7.29. The van der Waals surface area contributed by atoms with Gasteiger partial charge in [-0.3, -0.25) is 0 Å². The molecule has 0 amide bonds. The van der Waals surface area contributed by atoms with Gasteiger partial charge in [-0.25, -0.2) is 0 Å². The van der Waals surface area contributed by atoms with E-state index in [0.717, 1.165) is 11.3 Å². The Balaban J connectivity index is 2.84. The van der Waals surface area contributed by atoms with Gasteiger partial charge in [-0.1, -0.05) is 18.2 Å². The normalized spacial score (nSPS) is 11.4. The van der Waals surface area contributed by atoms with Gasteiger partial charge in [-0.15, -0.1) is 11.8 Å². The highest BCUT2D eigenvalue weighted by Gasteiger charge is 2.11. The van der Waals surface area contributed by atoms with Gasteiger partial charge >= 0.3 is 0 Å². The second-order valence-corrected chi connectivity index (χ2v) is 3.12. The molecule has 1 unspecified atom stereocenters. The Morgan fingerprint density at radius 2 is 2.13 bits per heavy atom. The van der Waals surface area contributed by atoms with Crippen LogP contribution in [0.4, 0.5) is 0 Å². The lowest BCUT2D eigenvalue weighted by Crippen LogP contribution is -2.01. The SMILES string of the molecule is CC#CCC(O)c1ccccc1OCC. The smallest absolute Gasteiger partial charge is 0.125 e. The number of aliphatic hydroxyl groups is 1. The molecule has 2 heteroatoms. The molecule has 0 saturated heterocycles. The Labute approximate surface area is 90.9 Å². The molecule has 0 aliphatic heterocycles. The number of benzene rings is 1. The van der Waals surface area contributed by atoms with Gasteiger partial charge in [0.15, 0.2) is 0 Å². The van der Waals surface area contributed by atoms with Crippen molar-refractivity contribution in [1.29, 1.82) is 0 Å². The molecule has 1 aromatic rings. The van der Waals surface area contributed by atoms with Crippen LogP contribution in [-0.2, 0) is 0 Å². The highest BCUT2D eigenvalue weighted by Crippen LogP contribution is 2.26. The molecule has 2 nitrogen and oxygen atoms in total. The zero-order chi connectivity index (χ0) is 11.1. The average Bonchev–Trinajstić information content (AvgIpc) is 2.27. The Morgan fingerprint density at radius 1 is 1.40 bits per heavy atom. The van der Waals surface area contributed by atoms with Crippen molar-refractivity contribution in [3.8, 4) is 17.6 Å². The van der Waals surface area contributed by atoms with Crippen LogP contribution in [-0.4, -0.2) is 11.7 Å². The fourth-order valence-electron chi connectivity index (χ4n) is 1.35. The van der Waals surface area contributed by atoms with Crippen LogP contribution in [0.15, 0.2) is 24.3 Å². The Hall–Kier alpha value is -1.46.